The van der Waals surface area contributed by atoms with E-state index in [9.17, 15) is 13.2 Å². The van der Waals surface area contributed by atoms with E-state index in [0.717, 1.165) is 0 Å². The maximum Gasteiger partial charge on any atom is 0.389 e. The Kier molecular flexibility index (Phi) is 4.17. The molecule has 3 N–H and O–H groups in total. The van der Waals surface area contributed by atoms with Crippen LogP contribution in [0.15, 0.2) is 6.20 Å². The summed E-state index contributed by atoms with van der Waals surface area (Å²) in [5.74, 6) is 0.252. The number of hydrogen-bond acceptors (Lipinski definition) is 4. The Morgan fingerprint density at radius 2 is 2.12 bits per heavy atom. The van der Waals surface area contributed by atoms with Crippen LogP contribution in [0.2, 0.25) is 5.28 Å². The molecule has 0 unspecified atom stereocenters. The normalized spacial score (nSPS) is 11.5. The number of hydrogen-bond donors (Lipinski definition) is 2. The first kappa shape index (κ1) is 12.8. The second kappa shape index (κ2) is 5.20. The highest BCUT2D eigenvalue weighted by atomic mass is 35.5. The molecule has 90 valence electrons. The quantitative estimate of drug-likeness (QED) is 0.640. The summed E-state index contributed by atoms with van der Waals surface area (Å²) in [4.78, 5) is 7.36. The van der Waals surface area contributed by atoms with Crippen LogP contribution >= 0.6 is 11.6 Å². The molecule has 0 saturated heterocycles. The van der Waals surface area contributed by atoms with E-state index in [2.05, 4.69) is 15.3 Å². The molecule has 0 bridgehead atoms. The van der Waals surface area contributed by atoms with Crippen LogP contribution < -0.4 is 11.1 Å². The fourth-order valence-corrected chi connectivity index (χ4v) is 1.14. The average molecular weight is 255 g/mol. The fraction of sp³-hybridized carbons (Fsp3) is 0.500. The third kappa shape index (κ3) is 4.52. The molecule has 1 heterocycles. The van der Waals surface area contributed by atoms with Gasteiger partial charge in [-0.3, -0.25) is 0 Å². The molecule has 1 aromatic rings. The maximum atomic E-state index is 11.8. The van der Waals surface area contributed by atoms with Crippen molar-refractivity contribution in [3.05, 3.63) is 11.5 Å². The molecule has 4 nitrogen and oxygen atoms in total. The molecule has 8 heteroatoms. The van der Waals surface area contributed by atoms with Gasteiger partial charge in [0.2, 0.25) is 5.28 Å². The van der Waals surface area contributed by atoms with Crippen LogP contribution in [0.5, 0.6) is 0 Å². The monoisotopic (exact) mass is 254 g/mol. The molecular weight excluding hydrogens is 245 g/mol. The average Bonchev–Trinajstić information content (AvgIpc) is 2.16. The second-order valence-electron chi connectivity index (χ2n) is 3.09. The second-order valence-corrected chi connectivity index (χ2v) is 3.43. The third-order valence-corrected chi connectivity index (χ3v) is 1.90. The van der Waals surface area contributed by atoms with Crippen molar-refractivity contribution in [1.29, 1.82) is 0 Å². The third-order valence-electron chi connectivity index (χ3n) is 1.72. The predicted octanol–water partition coefficient (Wildman–Crippen LogP) is 2.47. The van der Waals surface area contributed by atoms with Gasteiger partial charge in [0.1, 0.15) is 0 Å². The van der Waals surface area contributed by atoms with Gasteiger partial charge in [-0.25, -0.2) is 4.98 Å². The van der Waals surface area contributed by atoms with E-state index in [-0.39, 0.29) is 29.8 Å². The van der Waals surface area contributed by atoms with Gasteiger partial charge >= 0.3 is 6.18 Å². The molecule has 1 rings (SSSR count). The Morgan fingerprint density at radius 1 is 1.44 bits per heavy atom. The van der Waals surface area contributed by atoms with E-state index in [1.54, 1.807) is 0 Å². The van der Waals surface area contributed by atoms with Gasteiger partial charge in [0.05, 0.1) is 11.9 Å². The molecule has 0 spiro atoms. The van der Waals surface area contributed by atoms with Gasteiger partial charge < -0.3 is 11.1 Å². The predicted molar refractivity (Wildman–Crippen MR) is 55.2 cm³/mol. The molecule has 0 aliphatic carbocycles. The van der Waals surface area contributed by atoms with Crippen LogP contribution in [0.1, 0.15) is 12.8 Å². The van der Waals surface area contributed by atoms with Crippen molar-refractivity contribution in [2.75, 3.05) is 17.6 Å². The molecule has 0 atom stereocenters. The smallest absolute Gasteiger partial charge is 0.389 e. The van der Waals surface area contributed by atoms with Crippen LogP contribution in [0.25, 0.3) is 0 Å². The standard InChI is InChI=1S/C8H10ClF3N4/c9-7-15-4-5(13)6(16-7)14-3-1-2-8(10,11)12/h4H,1-3,13H2,(H,14,15,16). The summed E-state index contributed by atoms with van der Waals surface area (Å²) in [6.07, 6.45) is -3.75. The Labute approximate surface area is 95.0 Å². The van der Waals surface area contributed by atoms with E-state index in [4.69, 9.17) is 17.3 Å². The highest BCUT2D eigenvalue weighted by Gasteiger charge is 2.25. The van der Waals surface area contributed by atoms with E-state index in [1.807, 2.05) is 0 Å². The lowest BCUT2D eigenvalue weighted by Gasteiger charge is -2.09. The maximum absolute atomic E-state index is 11.8. The Balaban J connectivity index is 2.40. The van der Waals surface area contributed by atoms with E-state index < -0.39 is 12.6 Å². The SMILES string of the molecule is Nc1cnc(Cl)nc1NCCCC(F)(F)F. The molecule has 0 aliphatic rings. The lowest BCUT2D eigenvalue weighted by molar-refractivity contribution is -0.134. The van der Waals surface area contributed by atoms with Crippen molar-refractivity contribution in [2.45, 2.75) is 19.0 Å². The summed E-state index contributed by atoms with van der Waals surface area (Å²) in [6.45, 7) is 0.122. The molecule has 16 heavy (non-hydrogen) atoms. The number of anilines is 2. The Hall–Kier alpha value is -1.24. The van der Waals surface area contributed by atoms with Crippen molar-refractivity contribution in [3.63, 3.8) is 0 Å². The van der Waals surface area contributed by atoms with Crippen LogP contribution in [0, 0.1) is 0 Å². The minimum absolute atomic E-state index is 0.00692. The van der Waals surface area contributed by atoms with Gasteiger partial charge in [-0.1, -0.05) is 0 Å². The number of nitrogen functional groups attached to an aromatic ring is 1. The molecular formula is C8H10ClF3N4. The largest absolute Gasteiger partial charge is 0.394 e. The Bertz CT molecular complexity index is 356. The number of aromatic nitrogens is 2. The van der Waals surface area contributed by atoms with Gasteiger partial charge in [-0.2, -0.15) is 18.2 Å². The number of nitrogens with two attached hydrogens (primary N) is 1. The van der Waals surface area contributed by atoms with Crippen molar-refractivity contribution < 1.29 is 13.2 Å². The summed E-state index contributed by atoms with van der Waals surface area (Å²) in [6, 6.07) is 0. The highest BCUT2D eigenvalue weighted by Crippen LogP contribution is 2.21. The number of alkyl halides is 3. The van der Waals surface area contributed by atoms with Crippen LogP contribution in [0.4, 0.5) is 24.7 Å². The lowest BCUT2D eigenvalue weighted by atomic mass is 10.3. The topological polar surface area (TPSA) is 63.8 Å². The van der Waals surface area contributed by atoms with Crippen molar-refractivity contribution >= 4 is 23.1 Å². The number of halogens is 4. The van der Waals surface area contributed by atoms with E-state index >= 15 is 0 Å². The summed E-state index contributed by atoms with van der Waals surface area (Å²) < 4.78 is 35.5. The minimum Gasteiger partial charge on any atom is -0.394 e. The molecule has 0 amide bonds. The number of nitrogens with one attached hydrogen (secondary N) is 1. The van der Waals surface area contributed by atoms with E-state index in [1.165, 1.54) is 6.20 Å². The highest BCUT2D eigenvalue weighted by molar-refractivity contribution is 6.28. The van der Waals surface area contributed by atoms with Crippen LogP contribution in [-0.4, -0.2) is 22.7 Å². The zero-order chi connectivity index (χ0) is 12.2. The van der Waals surface area contributed by atoms with Crippen LogP contribution in [0.3, 0.4) is 0 Å². The molecule has 0 saturated carbocycles. The number of nitrogens with zero attached hydrogens (tertiary/aromatic N) is 2. The Morgan fingerprint density at radius 3 is 2.75 bits per heavy atom. The lowest BCUT2D eigenvalue weighted by Crippen LogP contribution is -2.12. The van der Waals surface area contributed by atoms with Gasteiger partial charge in [0, 0.05) is 13.0 Å². The van der Waals surface area contributed by atoms with Gasteiger partial charge in [0.15, 0.2) is 5.82 Å². The van der Waals surface area contributed by atoms with Crippen molar-refractivity contribution in [3.8, 4) is 0 Å². The summed E-state index contributed by atoms with van der Waals surface area (Å²) >= 11 is 5.50. The van der Waals surface area contributed by atoms with Gasteiger partial charge in [-0.15, -0.1) is 0 Å². The summed E-state index contributed by atoms with van der Waals surface area (Å²) in [5, 5.41) is 2.66. The fourth-order valence-electron chi connectivity index (χ4n) is 1.01. The van der Waals surface area contributed by atoms with Gasteiger partial charge in [-0.05, 0) is 18.0 Å². The van der Waals surface area contributed by atoms with Crippen molar-refractivity contribution in [1.82, 2.24) is 9.97 Å². The zero-order valence-corrected chi connectivity index (χ0v) is 8.94. The first-order valence-corrected chi connectivity index (χ1v) is 4.85. The van der Waals surface area contributed by atoms with E-state index in [0.29, 0.717) is 0 Å². The molecule has 0 radical (unpaired) electrons. The molecule has 0 aliphatic heterocycles. The number of rotatable bonds is 4. The molecule has 0 fully saturated rings. The summed E-state index contributed by atoms with van der Waals surface area (Å²) in [5.41, 5.74) is 5.74. The van der Waals surface area contributed by atoms with Gasteiger partial charge in [0.25, 0.3) is 0 Å². The first-order chi connectivity index (χ1) is 7.38. The molecule has 1 aromatic heterocycles. The molecule has 0 aromatic carbocycles. The first-order valence-electron chi connectivity index (χ1n) is 4.47. The summed E-state index contributed by atoms with van der Waals surface area (Å²) in [7, 11) is 0. The minimum atomic E-state index is -4.14. The zero-order valence-electron chi connectivity index (χ0n) is 8.18. The van der Waals surface area contributed by atoms with Crippen molar-refractivity contribution in [2.24, 2.45) is 0 Å². The van der Waals surface area contributed by atoms with Crippen LogP contribution in [-0.2, 0) is 0 Å².